The van der Waals surface area contributed by atoms with Crippen LogP contribution in [0.4, 0.5) is 168 Å². The number of nitrogens with two attached hydrogens (primary N) is 2. The Balaban J connectivity index is 0.000000382. The minimum Gasteiger partial charge on any atom is -0.503 e. The van der Waals surface area contributed by atoms with Crippen molar-refractivity contribution in [2.75, 3.05) is 31.1 Å². The second-order valence-corrected chi connectivity index (χ2v) is 18.4. The van der Waals surface area contributed by atoms with E-state index in [9.17, 15) is 165 Å². The van der Waals surface area contributed by atoms with Gasteiger partial charge in [-0.3, -0.25) is 20.2 Å². The van der Waals surface area contributed by atoms with Crippen LogP contribution in [0, 0.1) is 219 Å². The van der Waals surface area contributed by atoms with Crippen molar-refractivity contribution >= 4 is 22.7 Å². The zero-order chi connectivity index (χ0) is 79.4. The highest BCUT2D eigenvalue weighted by Crippen LogP contribution is 2.47. The Morgan fingerprint density at radius 3 is 0.635 bits per heavy atom. The van der Waals surface area contributed by atoms with Crippen LogP contribution in [-0.4, -0.2) is 44.6 Å². The maximum absolute atomic E-state index is 14.7. The van der Waals surface area contributed by atoms with E-state index in [1.54, 1.807) is 0 Å². The Morgan fingerprint density at radius 2 is 0.442 bits per heavy atom. The number of nitro groups is 2. The third kappa shape index (κ3) is 16.4. The molecule has 0 radical (unpaired) electrons. The monoisotopic (exact) mass is 1560 g/mol. The summed E-state index contributed by atoms with van der Waals surface area (Å²) in [5.74, 6) is -105. The van der Waals surface area contributed by atoms with Crippen molar-refractivity contribution in [3.8, 4) is 57.5 Å². The highest BCUT2D eigenvalue weighted by atomic mass is 19.2. The molecule has 0 aliphatic heterocycles. The van der Waals surface area contributed by atoms with Gasteiger partial charge in [0.25, 0.3) is 0 Å². The molecule has 0 atom stereocenters. The summed E-state index contributed by atoms with van der Waals surface area (Å²) in [5.41, 5.74) is 0.219. The topological polar surface area (TPSA) is 219 Å². The van der Waals surface area contributed by atoms with Crippen molar-refractivity contribution in [1.29, 1.82) is 0 Å². The first kappa shape index (κ1) is 86.8. The molecule has 0 bridgehead atoms. The van der Waals surface area contributed by atoms with Gasteiger partial charge in [-0.2, -0.15) is 92.2 Å². The van der Waals surface area contributed by atoms with Crippen molar-refractivity contribution in [1.82, 2.24) is 4.90 Å². The predicted octanol–water partition coefficient (Wildman–Crippen LogP) is 19.2. The third-order valence-electron chi connectivity index (χ3n) is 12.4. The summed E-state index contributed by atoms with van der Waals surface area (Å²) >= 11 is 0. The molecule has 48 heteroatoms. The number of nitro benzene ring substituents is 2. The first-order valence-electron chi connectivity index (χ1n) is 25.6. The fourth-order valence-electron chi connectivity index (χ4n) is 7.08. The largest absolute Gasteiger partial charge is 0.503 e. The van der Waals surface area contributed by atoms with Gasteiger partial charge in [0, 0.05) is 5.56 Å². The number of rotatable bonds is 13. The van der Waals surface area contributed by atoms with Crippen molar-refractivity contribution in [3.63, 3.8) is 0 Å². The molecule has 568 valence electrons. The summed E-state index contributed by atoms with van der Waals surface area (Å²) < 4.78 is 461. The Bertz CT molecular complexity index is 4140. The van der Waals surface area contributed by atoms with Gasteiger partial charge in [0.1, 0.15) is 11.4 Å². The van der Waals surface area contributed by atoms with Gasteiger partial charge in [-0.15, -0.1) is 0 Å². The number of aromatic hydroxyl groups is 2. The quantitative estimate of drug-likeness (QED) is 0.0211. The summed E-state index contributed by atoms with van der Waals surface area (Å²) in [7, 11) is 0. The zero-order valence-corrected chi connectivity index (χ0v) is 49.3. The summed E-state index contributed by atoms with van der Waals surface area (Å²) in [5, 5.41) is 37.9. The molecule has 8 aromatic rings. The molecule has 0 unspecified atom stereocenters. The molecule has 0 aliphatic rings. The van der Waals surface area contributed by atoms with E-state index in [2.05, 4.69) is 44.6 Å². The lowest BCUT2D eigenvalue weighted by Gasteiger charge is -2.16. The number of hydrogen-bond acceptors (Lipinski definition) is 13. The van der Waals surface area contributed by atoms with Crippen LogP contribution in [-0.2, 0) is 0 Å². The van der Waals surface area contributed by atoms with Gasteiger partial charge in [-0.25, -0.2) is 52.7 Å². The van der Waals surface area contributed by atoms with Gasteiger partial charge in [0.15, 0.2) is 58.0 Å². The van der Waals surface area contributed by atoms with E-state index >= 15 is 0 Å². The average molecular weight is 1560 g/mol. The van der Waals surface area contributed by atoms with Crippen LogP contribution in [0.5, 0.6) is 57.5 Å². The normalized spacial score (nSPS) is 10.8. The first-order valence-corrected chi connectivity index (χ1v) is 25.6. The van der Waals surface area contributed by atoms with Crippen LogP contribution in [0.25, 0.3) is 0 Å². The summed E-state index contributed by atoms with van der Waals surface area (Å²) in [6.07, 6.45) is 0. The SMILES string of the molecule is C.CCN(CC)CC.Cc1c(F)c(F)c(F)c(F)c1F.Nc1c(F)c(F)c(Oc2c(F)c(F)c(F)c(Oc3c(F)c(F)c(N)c(F)c3F)c2F)c(F)c1F.O=[N+]([O-])c1c(F)c(F)c(Oc2c(F)c(F)c(F)c(Oc3c(F)c(F)c([N+](=O)[O-])c(F)c3F)c2F)c(F)c1F.Oc1c(F)c(O)c(F)c(F)c1F. The van der Waals surface area contributed by atoms with Crippen LogP contribution < -0.4 is 30.4 Å². The fourth-order valence-corrected chi connectivity index (χ4v) is 7.08. The molecule has 0 heterocycles. The molecule has 0 aliphatic carbocycles. The van der Waals surface area contributed by atoms with E-state index < -0.39 is 288 Å². The maximum atomic E-state index is 14.7. The molecular weight excluding hydrogens is 1530 g/mol. The number of phenolic OH excluding ortho intramolecular Hbond substituents is 2. The maximum Gasteiger partial charge on any atom is 0.346 e. The molecular formula is C56H28F33N5O10. The molecule has 104 heavy (non-hydrogen) atoms. The van der Waals surface area contributed by atoms with E-state index in [0.717, 1.165) is 6.92 Å². The van der Waals surface area contributed by atoms with Gasteiger partial charge in [-0.05, 0) is 26.6 Å². The summed E-state index contributed by atoms with van der Waals surface area (Å²) in [6.45, 7) is 10.9. The van der Waals surface area contributed by atoms with Gasteiger partial charge in [0.05, 0.1) is 9.85 Å². The highest BCUT2D eigenvalue weighted by molar-refractivity contribution is 5.54. The average Bonchev–Trinajstić information content (AvgIpc) is 0.766. The Kier molecular flexibility index (Phi) is 28.4. The number of halogens is 33. The lowest BCUT2D eigenvalue weighted by molar-refractivity contribution is -0.390. The fraction of sp³-hybridized carbons (Fsp3) is 0.143. The molecule has 6 N–H and O–H groups in total. The number of hydrogen-bond donors (Lipinski definition) is 4. The van der Waals surface area contributed by atoms with Crippen molar-refractivity contribution in [2.45, 2.75) is 35.1 Å². The number of nitrogens with zero attached hydrogens (tertiary/aromatic N) is 3. The first-order chi connectivity index (χ1) is 47.5. The van der Waals surface area contributed by atoms with E-state index in [4.69, 9.17) is 21.7 Å². The lowest BCUT2D eigenvalue weighted by atomic mass is 10.2. The van der Waals surface area contributed by atoms with E-state index in [1.165, 1.54) is 19.6 Å². The smallest absolute Gasteiger partial charge is 0.346 e. The molecule has 0 fully saturated rings. The van der Waals surface area contributed by atoms with Gasteiger partial charge in [-0.1, -0.05) is 28.2 Å². The van der Waals surface area contributed by atoms with Gasteiger partial charge in [0.2, 0.25) is 191 Å². The third-order valence-corrected chi connectivity index (χ3v) is 12.4. The van der Waals surface area contributed by atoms with E-state index in [-0.39, 0.29) is 7.43 Å². The molecule has 0 aromatic heterocycles. The predicted molar refractivity (Wildman–Crippen MR) is 281 cm³/mol. The minimum absolute atomic E-state index is 0. The second-order valence-electron chi connectivity index (χ2n) is 18.4. The lowest BCUT2D eigenvalue weighted by Crippen LogP contribution is -2.21. The minimum atomic E-state index is -2.94. The molecule has 0 amide bonds. The van der Waals surface area contributed by atoms with Crippen molar-refractivity contribution in [2.24, 2.45) is 0 Å². The molecule has 15 nitrogen and oxygen atoms in total. The molecule has 0 saturated carbocycles. The summed E-state index contributed by atoms with van der Waals surface area (Å²) in [6, 6.07) is 0. The Hall–Kier alpha value is -11.4. The van der Waals surface area contributed by atoms with Crippen molar-refractivity contribution < 1.29 is 184 Å². The van der Waals surface area contributed by atoms with Crippen LogP contribution in [0.1, 0.15) is 33.8 Å². The standard InChI is InChI=1S/C18F12N2O6.C18H4F12N2O2.C7H3F5.C6H2F4O2.C6H15N.CH4/c19-1-6(24)17(37-15-8(26)2(20)13(31(33)34)3(21)9(15)27)12(30)18(7(1)25)38-16-10(28)4(22)14(32(35)36)5(23)11(16)29;19-1-6(24)17(33-15-8(26)2(20)13(31)3(21)9(15)27)12(30)18(7(1)25)34-16-10(28)4(22)14(32)5(23)11(16)29;1-2-3(8)5(10)7(12)6(11)4(2)9;7-1-2(8)5(11)4(10)6(12)3(1)9;1-4-7(5-2)6-3;/h;31-32H2;1H3;11-12H;4-6H2,1-3H3;1H4. The highest BCUT2D eigenvalue weighted by Gasteiger charge is 2.41. The van der Waals surface area contributed by atoms with E-state index in [0.29, 0.717) is 0 Å². The number of anilines is 2. The van der Waals surface area contributed by atoms with Crippen LogP contribution in [0.3, 0.4) is 0 Å². The molecule has 0 saturated heterocycles. The molecule has 0 spiro atoms. The van der Waals surface area contributed by atoms with Gasteiger partial charge >= 0.3 is 11.4 Å². The van der Waals surface area contributed by atoms with E-state index in [1.807, 2.05) is 0 Å². The zero-order valence-electron chi connectivity index (χ0n) is 49.3. The van der Waals surface area contributed by atoms with Crippen LogP contribution in [0.2, 0.25) is 0 Å². The number of nitrogen functional groups attached to an aromatic ring is 2. The summed E-state index contributed by atoms with van der Waals surface area (Å²) in [4.78, 5) is 19.6. The van der Waals surface area contributed by atoms with Crippen molar-refractivity contribution in [3.05, 3.63) is 218 Å². The Morgan fingerprint density at radius 1 is 0.279 bits per heavy atom. The second kappa shape index (κ2) is 34.1. The Labute approximate surface area is 552 Å². The van der Waals surface area contributed by atoms with Crippen LogP contribution >= 0.6 is 0 Å². The number of phenols is 2. The molecule has 8 aromatic carbocycles. The van der Waals surface area contributed by atoms with Gasteiger partial charge < -0.3 is 45.5 Å². The number of benzene rings is 8. The van der Waals surface area contributed by atoms with Crippen LogP contribution in [0.15, 0.2) is 0 Å². The molecule has 8 rings (SSSR count). The number of ether oxygens (including phenoxy) is 4.